The minimum absolute atomic E-state index is 0.112. The first kappa shape index (κ1) is 13.5. The molecule has 88 valence electrons. The molecular weight excluding hydrogens is 288 g/mol. The summed E-state index contributed by atoms with van der Waals surface area (Å²) in [6.07, 6.45) is 1.28. The number of carbonyl (C=O) groups is 1. The van der Waals surface area contributed by atoms with Crippen LogP contribution in [0.15, 0.2) is 33.6 Å². The molecule has 1 aromatic carbocycles. The van der Waals surface area contributed by atoms with Crippen molar-refractivity contribution in [2.75, 3.05) is 0 Å². The fraction of sp³-hybridized carbons (Fsp3) is 0.364. The van der Waals surface area contributed by atoms with Gasteiger partial charge in [-0.25, -0.2) is 5.84 Å². The van der Waals surface area contributed by atoms with Gasteiger partial charge in [-0.3, -0.25) is 10.2 Å². The number of halogens is 1. The van der Waals surface area contributed by atoms with Crippen LogP contribution in [-0.2, 0) is 4.79 Å². The molecule has 0 aliphatic carbocycles. The van der Waals surface area contributed by atoms with Crippen LogP contribution in [0.5, 0.6) is 0 Å². The van der Waals surface area contributed by atoms with Gasteiger partial charge in [-0.05, 0) is 34.5 Å². The Kier molecular flexibility index (Phi) is 5.87. The zero-order chi connectivity index (χ0) is 12.0. The van der Waals surface area contributed by atoms with Crippen molar-refractivity contribution in [1.29, 1.82) is 0 Å². The van der Waals surface area contributed by atoms with Gasteiger partial charge >= 0.3 is 0 Å². The van der Waals surface area contributed by atoms with Gasteiger partial charge in [0.05, 0.1) is 0 Å². The molecule has 0 fully saturated rings. The maximum Gasteiger partial charge on any atom is 0.233 e. The van der Waals surface area contributed by atoms with Crippen LogP contribution in [0.2, 0.25) is 0 Å². The molecule has 0 aliphatic rings. The van der Waals surface area contributed by atoms with Crippen molar-refractivity contribution < 1.29 is 4.79 Å². The van der Waals surface area contributed by atoms with Crippen LogP contribution < -0.4 is 11.3 Å². The lowest BCUT2D eigenvalue weighted by Gasteiger charge is -2.11. The van der Waals surface area contributed by atoms with E-state index in [-0.39, 0.29) is 5.91 Å². The number of nitrogens with one attached hydrogen (secondary N) is 1. The molecule has 0 aliphatic heterocycles. The zero-order valence-electron chi connectivity index (χ0n) is 9.07. The molecule has 0 aromatic heterocycles. The Hall–Kier alpha value is -0.520. The van der Waals surface area contributed by atoms with Gasteiger partial charge < -0.3 is 0 Å². The standard InChI is InChI=1S/C11H15BrN2OS/c1-8(6-7-11(15)14-13)16-10-5-3-2-4-9(10)12/h2-5,8H,6-7,13H2,1H3,(H,14,15). The average Bonchev–Trinajstić information content (AvgIpc) is 2.29. The minimum Gasteiger partial charge on any atom is -0.294 e. The summed E-state index contributed by atoms with van der Waals surface area (Å²) in [4.78, 5) is 12.2. The average molecular weight is 303 g/mol. The number of hydrogen-bond acceptors (Lipinski definition) is 3. The predicted molar refractivity (Wildman–Crippen MR) is 71.0 cm³/mol. The number of thioether (sulfide) groups is 1. The van der Waals surface area contributed by atoms with Crippen LogP contribution in [0.4, 0.5) is 0 Å². The molecule has 1 aromatic rings. The van der Waals surface area contributed by atoms with E-state index in [9.17, 15) is 4.79 Å². The Morgan fingerprint density at radius 3 is 2.88 bits per heavy atom. The van der Waals surface area contributed by atoms with Crippen molar-refractivity contribution in [1.82, 2.24) is 5.43 Å². The molecule has 1 unspecified atom stereocenters. The topological polar surface area (TPSA) is 55.1 Å². The van der Waals surface area contributed by atoms with Gasteiger partial charge in [0, 0.05) is 21.0 Å². The highest BCUT2D eigenvalue weighted by Gasteiger charge is 2.08. The number of amides is 1. The smallest absolute Gasteiger partial charge is 0.233 e. The highest BCUT2D eigenvalue weighted by atomic mass is 79.9. The second-order valence-corrected chi connectivity index (χ2v) is 5.80. The van der Waals surface area contributed by atoms with Crippen molar-refractivity contribution in [3.8, 4) is 0 Å². The number of benzene rings is 1. The molecule has 3 nitrogen and oxygen atoms in total. The lowest BCUT2D eigenvalue weighted by Crippen LogP contribution is -2.30. The number of hydrazine groups is 1. The summed E-state index contributed by atoms with van der Waals surface area (Å²) in [5.74, 6) is 4.91. The van der Waals surface area contributed by atoms with Crippen LogP contribution in [0, 0.1) is 0 Å². The predicted octanol–water partition coefficient (Wildman–Crippen LogP) is 2.70. The van der Waals surface area contributed by atoms with E-state index in [0.29, 0.717) is 11.7 Å². The summed E-state index contributed by atoms with van der Waals surface area (Å²) in [6, 6.07) is 8.07. The highest BCUT2D eigenvalue weighted by molar-refractivity contribution is 9.10. The molecule has 1 rings (SSSR count). The quantitative estimate of drug-likeness (QED) is 0.380. The van der Waals surface area contributed by atoms with Crippen molar-refractivity contribution >= 4 is 33.6 Å². The Balaban J connectivity index is 2.43. The molecule has 16 heavy (non-hydrogen) atoms. The van der Waals surface area contributed by atoms with Gasteiger partial charge in [0.15, 0.2) is 0 Å². The molecule has 0 bridgehead atoms. The highest BCUT2D eigenvalue weighted by Crippen LogP contribution is 2.31. The number of rotatable bonds is 5. The summed E-state index contributed by atoms with van der Waals surface area (Å²) in [6.45, 7) is 2.11. The SMILES string of the molecule is CC(CCC(=O)NN)Sc1ccccc1Br. The third-order valence-corrected chi connectivity index (χ3v) is 4.31. The van der Waals surface area contributed by atoms with Crippen LogP contribution in [0.3, 0.4) is 0 Å². The summed E-state index contributed by atoms with van der Waals surface area (Å²) < 4.78 is 1.09. The lowest BCUT2D eigenvalue weighted by atomic mass is 10.2. The summed E-state index contributed by atoms with van der Waals surface area (Å²) in [7, 11) is 0. The van der Waals surface area contributed by atoms with E-state index in [4.69, 9.17) is 5.84 Å². The first-order valence-corrected chi connectivity index (χ1v) is 6.71. The van der Waals surface area contributed by atoms with Gasteiger partial charge in [0.2, 0.25) is 5.91 Å². The van der Waals surface area contributed by atoms with E-state index in [2.05, 4.69) is 34.3 Å². The van der Waals surface area contributed by atoms with Crippen molar-refractivity contribution in [3.63, 3.8) is 0 Å². The fourth-order valence-corrected chi connectivity index (χ4v) is 2.79. The number of hydrogen-bond donors (Lipinski definition) is 2. The maximum absolute atomic E-state index is 11.0. The maximum atomic E-state index is 11.0. The molecule has 3 N–H and O–H groups in total. The van der Waals surface area contributed by atoms with Crippen molar-refractivity contribution in [3.05, 3.63) is 28.7 Å². The normalized spacial score (nSPS) is 12.2. The fourth-order valence-electron chi connectivity index (χ4n) is 1.22. The Labute approximate surface area is 108 Å². The molecule has 0 spiro atoms. The summed E-state index contributed by atoms with van der Waals surface area (Å²) in [5.41, 5.74) is 2.14. The summed E-state index contributed by atoms with van der Waals surface area (Å²) in [5, 5.41) is 0.385. The van der Waals surface area contributed by atoms with Gasteiger partial charge in [0.25, 0.3) is 0 Å². The number of carbonyl (C=O) groups excluding carboxylic acids is 1. The lowest BCUT2D eigenvalue weighted by molar-refractivity contribution is -0.121. The summed E-state index contributed by atoms with van der Waals surface area (Å²) >= 11 is 5.25. The van der Waals surface area contributed by atoms with Crippen molar-refractivity contribution in [2.45, 2.75) is 29.9 Å². The Morgan fingerprint density at radius 2 is 2.25 bits per heavy atom. The minimum atomic E-state index is -0.112. The van der Waals surface area contributed by atoms with Crippen LogP contribution in [-0.4, -0.2) is 11.2 Å². The molecule has 1 amide bonds. The second kappa shape index (κ2) is 6.93. The monoisotopic (exact) mass is 302 g/mol. The third kappa shape index (κ3) is 4.55. The molecule has 0 saturated heterocycles. The molecule has 0 radical (unpaired) electrons. The van der Waals surface area contributed by atoms with E-state index in [1.165, 1.54) is 4.90 Å². The van der Waals surface area contributed by atoms with E-state index in [0.717, 1.165) is 10.9 Å². The third-order valence-electron chi connectivity index (χ3n) is 2.10. The molecule has 5 heteroatoms. The molecule has 0 heterocycles. The van der Waals surface area contributed by atoms with Gasteiger partial charge in [-0.1, -0.05) is 19.1 Å². The number of nitrogens with two attached hydrogens (primary N) is 1. The van der Waals surface area contributed by atoms with E-state index >= 15 is 0 Å². The van der Waals surface area contributed by atoms with Gasteiger partial charge in [-0.15, -0.1) is 11.8 Å². The van der Waals surface area contributed by atoms with Crippen molar-refractivity contribution in [2.24, 2.45) is 5.84 Å². The molecule has 1 atom stereocenters. The van der Waals surface area contributed by atoms with Crippen LogP contribution in [0.25, 0.3) is 0 Å². The van der Waals surface area contributed by atoms with Crippen LogP contribution in [0.1, 0.15) is 19.8 Å². The van der Waals surface area contributed by atoms with E-state index in [1.807, 2.05) is 18.2 Å². The zero-order valence-corrected chi connectivity index (χ0v) is 11.5. The second-order valence-electron chi connectivity index (χ2n) is 3.47. The van der Waals surface area contributed by atoms with Crippen LogP contribution >= 0.6 is 27.7 Å². The Bertz CT molecular complexity index is 360. The first-order chi connectivity index (χ1) is 7.63. The van der Waals surface area contributed by atoms with Gasteiger partial charge in [0.1, 0.15) is 0 Å². The first-order valence-electron chi connectivity index (χ1n) is 5.04. The van der Waals surface area contributed by atoms with E-state index < -0.39 is 0 Å². The molecular formula is C11H15BrN2OS. The van der Waals surface area contributed by atoms with Gasteiger partial charge in [-0.2, -0.15) is 0 Å². The van der Waals surface area contributed by atoms with E-state index in [1.54, 1.807) is 11.8 Å². The Morgan fingerprint density at radius 1 is 1.56 bits per heavy atom. The largest absolute Gasteiger partial charge is 0.294 e. The molecule has 0 saturated carbocycles.